The molecule has 0 aromatic carbocycles. The van der Waals surface area contributed by atoms with Crippen molar-refractivity contribution < 1.29 is 18.3 Å². The SMILES string of the molecule is CC(NS(=O)(=O)C(C)C#N)C(=O)O. The number of aliphatic carboxylic acids is 1. The van der Waals surface area contributed by atoms with Gasteiger partial charge < -0.3 is 5.11 Å². The van der Waals surface area contributed by atoms with Crippen molar-refractivity contribution in [3.8, 4) is 6.07 Å². The molecule has 0 amide bonds. The zero-order valence-electron chi connectivity index (χ0n) is 7.18. The molecule has 6 nitrogen and oxygen atoms in total. The molecular weight excluding hydrogens is 196 g/mol. The van der Waals surface area contributed by atoms with E-state index >= 15 is 0 Å². The van der Waals surface area contributed by atoms with Crippen LogP contribution in [0.5, 0.6) is 0 Å². The molecule has 74 valence electrons. The van der Waals surface area contributed by atoms with E-state index in [0.29, 0.717) is 0 Å². The summed E-state index contributed by atoms with van der Waals surface area (Å²) in [5.74, 6) is -1.28. The number of carbonyl (C=O) groups is 1. The molecule has 2 unspecified atom stereocenters. The van der Waals surface area contributed by atoms with Gasteiger partial charge in [0.15, 0.2) is 5.25 Å². The van der Waals surface area contributed by atoms with Crippen molar-refractivity contribution in [2.24, 2.45) is 0 Å². The Kier molecular flexibility index (Phi) is 3.84. The van der Waals surface area contributed by atoms with Crippen LogP contribution in [0.2, 0.25) is 0 Å². The van der Waals surface area contributed by atoms with Gasteiger partial charge in [-0.25, -0.2) is 13.1 Å². The number of rotatable bonds is 4. The first-order valence-electron chi connectivity index (χ1n) is 3.45. The highest BCUT2D eigenvalue weighted by molar-refractivity contribution is 7.90. The Balaban J connectivity index is 4.55. The maximum Gasteiger partial charge on any atom is 0.321 e. The Morgan fingerprint density at radius 1 is 1.54 bits per heavy atom. The quantitative estimate of drug-likeness (QED) is 0.631. The average molecular weight is 206 g/mol. The molecule has 0 radical (unpaired) electrons. The van der Waals surface area contributed by atoms with Gasteiger partial charge in [0.1, 0.15) is 6.04 Å². The van der Waals surface area contributed by atoms with Crippen LogP contribution in [-0.2, 0) is 14.8 Å². The van der Waals surface area contributed by atoms with Crippen molar-refractivity contribution in [1.82, 2.24) is 4.72 Å². The molecule has 0 aliphatic carbocycles. The predicted octanol–water partition coefficient (Wildman–Crippen LogP) is -0.709. The van der Waals surface area contributed by atoms with Gasteiger partial charge in [0.25, 0.3) is 0 Å². The zero-order valence-corrected chi connectivity index (χ0v) is 8.00. The van der Waals surface area contributed by atoms with Crippen LogP contribution in [0.1, 0.15) is 13.8 Å². The van der Waals surface area contributed by atoms with Gasteiger partial charge >= 0.3 is 5.97 Å². The molecule has 0 fully saturated rings. The number of sulfonamides is 1. The van der Waals surface area contributed by atoms with Crippen LogP contribution in [-0.4, -0.2) is 30.8 Å². The maximum atomic E-state index is 11.1. The molecule has 7 heteroatoms. The van der Waals surface area contributed by atoms with Gasteiger partial charge in [0.05, 0.1) is 6.07 Å². The molecule has 0 aliphatic rings. The molecule has 0 aliphatic heterocycles. The highest BCUT2D eigenvalue weighted by atomic mass is 32.2. The summed E-state index contributed by atoms with van der Waals surface area (Å²) in [6.07, 6.45) is 0. The minimum Gasteiger partial charge on any atom is -0.480 e. The number of carboxylic acids is 1. The van der Waals surface area contributed by atoms with Crippen LogP contribution in [0.4, 0.5) is 0 Å². The normalized spacial score (nSPS) is 15.8. The van der Waals surface area contributed by atoms with Crippen molar-refractivity contribution in [1.29, 1.82) is 5.26 Å². The fraction of sp³-hybridized carbons (Fsp3) is 0.667. The number of hydrogen-bond donors (Lipinski definition) is 2. The van der Waals surface area contributed by atoms with E-state index in [2.05, 4.69) is 0 Å². The van der Waals surface area contributed by atoms with Gasteiger partial charge in [-0.15, -0.1) is 0 Å². The number of carboxylic acid groups (broad SMARTS) is 1. The van der Waals surface area contributed by atoms with E-state index in [1.165, 1.54) is 19.9 Å². The third kappa shape index (κ3) is 3.40. The lowest BCUT2D eigenvalue weighted by atomic mass is 10.4. The van der Waals surface area contributed by atoms with Crippen molar-refractivity contribution in [2.75, 3.05) is 0 Å². The van der Waals surface area contributed by atoms with Crippen LogP contribution in [0, 0.1) is 11.3 Å². The van der Waals surface area contributed by atoms with Gasteiger partial charge in [-0.05, 0) is 13.8 Å². The monoisotopic (exact) mass is 206 g/mol. The Hall–Kier alpha value is -1.13. The summed E-state index contributed by atoms with van der Waals surface area (Å²) in [4.78, 5) is 10.3. The first kappa shape index (κ1) is 11.9. The second-order valence-corrected chi connectivity index (χ2v) is 4.53. The fourth-order valence-electron chi connectivity index (χ4n) is 0.468. The first-order valence-corrected chi connectivity index (χ1v) is 4.99. The average Bonchev–Trinajstić information content (AvgIpc) is 2.01. The number of hydrogen-bond acceptors (Lipinski definition) is 4. The van der Waals surface area contributed by atoms with Gasteiger partial charge in [0.2, 0.25) is 10.0 Å². The third-order valence-electron chi connectivity index (χ3n) is 1.36. The van der Waals surface area contributed by atoms with Crippen LogP contribution in [0.15, 0.2) is 0 Å². The predicted molar refractivity (Wildman–Crippen MR) is 44.2 cm³/mol. The van der Waals surface area contributed by atoms with Gasteiger partial charge in [-0.3, -0.25) is 4.79 Å². The molecule has 0 rings (SSSR count). The summed E-state index contributed by atoms with van der Waals surface area (Å²) in [5, 5.41) is 15.4. The summed E-state index contributed by atoms with van der Waals surface area (Å²) < 4.78 is 24.0. The van der Waals surface area contributed by atoms with Crippen molar-refractivity contribution >= 4 is 16.0 Å². The van der Waals surface area contributed by atoms with Crippen LogP contribution in [0.25, 0.3) is 0 Å². The van der Waals surface area contributed by atoms with E-state index in [1.54, 1.807) is 0 Å². The van der Waals surface area contributed by atoms with E-state index in [-0.39, 0.29) is 0 Å². The number of nitrogens with one attached hydrogen (secondary N) is 1. The lowest BCUT2D eigenvalue weighted by molar-refractivity contribution is -0.138. The molecule has 13 heavy (non-hydrogen) atoms. The molecule has 2 atom stereocenters. The maximum absolute atomic E-state index is 11.1. The van der Waals surface area contributed by atoms with Gasteiger partial charge in [-0.1, -0.05) is 0 Å². The highest BCUT2D eigenvalue weighted by Crippen LogP contribution is 1.97. The summed E-state index contributed by atoms with van der Waals surface area (Å²) in [6, 6.07) is 0.285. The molecular formula is C6H10N2O4S. The summed E-state index contributed by atoms with van der Waals surface area (Å²) in [6.45, 7) is 2.36. The Bertz CT molecular complexity index is 329. The highest BCUT2D eigenvalue weighted by Gasteiger charge is 2.24. The van der Waals surface area contributed by atoms with E-state index in [1.807, 2.05) is 4.72 Å². The Morgan fingerprint density at radius 2 is 2.00 bits per heavy atom. The minimum absolute atomic E-state index is 1.18. The molecule has 0 spiro atoms. The lowest BCUT2D eigenvalue weighted by Crippen LogP contribution is -2.42. The minimum atomic E-state index is -3.85. The van der Waals surface area contributed by atoms with E-state index in [4.69, 9.17) is 10.4 Å². The second kappa shape index (κ2) is 4.20. The van der Waals surface area contributed by atoms with Crippen molar-refractivity contribution in [3.05, 3.63) is 0 Å². The van der Waals surface area contributed by atoms with Crippen LogP contribution in [0.3, 0.4) is 0 Å². The molecule has 0 aromatic rings. The fourth-order valence-corrected chi connectivity index (χ4v) is 1.40. The molecule has 0 saturated carbocycles. The molecule has 0 bridgehead atoms. The molecule has 0 aromatic heterocycles. The molecule has 2 N–H and O–H groups in total. The van der Waals surface area contributed by atoms with Crippen molar-refractivity contribution in [3.63, 3.8) is 0 Å². The summed E-state index contributed by atoms with van der Waals surface area (Å²) >= 11 is 0. The zero-order chi connectivity index (χ0) is 10.6. The topological polar surface area (TPSA) is 107 Å². The second-order valence-electron chi connectivity index (χ2n) is 2.49. The first-order chi connectivity index (χ1) is 5.81. The largest absolute Gasteiger partial charge is 0.480 e. The van der Waals surface area contributed by atoms with E-state index in [0.717, 1.165) is 0 Å². The van der Waals surface area contributed by atoms with E-state index < -0.39 is 27.3 Å². The molecule has 0 saturated heterocycles. The smallest absolute Gasteiger partial charge is 0.321 e. The van der Waals surface area contributed by atoms with Crippen LogP contribution >= 0.6 is 0 Å². The lowest BCUT2D eigenvalue weighted by Gasteiger charge is -2.10. The summed E-state index contributed by atoms with van der Waals surface area (Å²) in [7, 11) is -3.85. The summed E-state index contributed by atoms with van der Waals surface area (Å²) in [5.41, 5.74) is 0. The number of nitrogens with zero attached hydrogens (tertiary/aromatic N) is 1. The molecule has 0 heterocycles. The third-order valence-corrected chi connectivity index (χ3v) is 3.08. The van der Waals surface area contributed by atoms with Crippen LogP contribution < -0.4 is 4.72 Å². The van der Waals surface area contributed by atoms with E-state index in [9.17, 15) is 13.2 Å². The standard InChI is InChI=1S/C6H10N2O4S/c1-4(3-7)13(11,12)8-5(2)6(9)10/h4-5,8H,1-2H3,(H,9,10). The Labute approximate surface area is 76.2 Å². The van der Waals surface area contributed by atoms with Gasteiger partial charge in [-0.2, -0.15) is 5.26 Å². The van der Waals surface area contributed by atoms with Gasteiger partial charge in [0, 0.05) is 0 Å². The van der Waals surface area contributed by atoms with Crippen molar-refractivity contribution in [2.45, 2.75) is 25.1 Å². The number of nitriles is 1. The Morgan fingerprint density at radius 3 is 2.31 bits per heavy atom.